The molecule has 0 bridgehead atoms. The summed E-state index contributed by atoms with van der Waals surface area (Å²) in [6.07, 6.45) is 7.50. The van der Waals surface area contributed by atoms with Crippen molar-refractivity contribution in [3.63, 3.8) is 0 Å². The van der Waals surface area contributed by atoms with E-state index < -0.39 is 0 Å². The summed E-state index contributed by atoms with van der Waals surface area (Å²) in [7, 11) is 0. The molecule has 3 nitrogen and oxygen atoms in total. The fourth-order valence-corrected chi connectivity index (χ4v) is 2.90. The number of rotatable bonds is 6. The number of nitrogens with zero attached hydrogens (tertiary/aromatic N) is 2. The number of anilines is 1. The lowest BCUT2D eigenvalue weighted by Gasteiger charge is -2.31. The summed E-state index contributed by atoms with van der Waals surface area (Å²) in [6, 6.07) is 2.11. The smallest absolute Gasteiger partial charge is 0.170 e. The Morgan fingerprint density at radius 2 is 2.10 bits per heavy atom. The van der Waals surface area contributed by atoms with Crippen LogP contribution in [0.4, 0.5) is 10.2 Å². The Labute approximate surface area is 121 Å². The van der Waals surface area contributed by atoms with Gasteiger partial charge in [-0.3, -0.25) is 0 Å². The van der Waals surface area contributed by atoms with E-state index in [9.17, 15) is 4.39 Å². The molecule has 0 radical (unpaired) electrons. The normalized spacial score (nSPS) is 16.1. The molecule has 1 aromatic heterocycles. The van der Waals surface area contributed by atoms with E-state index in [1.165, 1.54) is 12.8 Å². The third kappa shape index (κ3) is 3.48. The van der Waals surface area contributed by atoms with Crippen molar-refractivity contribution in [2.45, 2.75) is 58.5 Å². The third-order valence-electron chi connectivity index (χ3n) is 4.16. The molecule has 1 fully saturated rings. The van der Waals surface area contributed by atoms with Gasteiger partial charge in [-0.2, -0.15) is 0 Å². The predicted molar refractivity (Wildman–Crippen MR) is 81.1 cm³/mol. The van der Waals surface area contributed by atoms with Gasteiger partial charge >= 0.3 is 0 Å². The van der Waals surface area contributed by atoms with Crippen LogP contribution in [0.3, 0.4) is 0 Å². The Kier molecular flexibility index (Phi) is 5.35. The first-order chi connectivity index (χ1) is 9.63. The van der Waals surface area contributed by atoms with Crippen LogP contribution in [-0.2, 0) is 6.54 Å². The van der Waals surface area contributed by atoms with E-state index in [-0.39, 0.29) is 12.4 Å². The summed E-state index contributed by atoms with van der Waals surface area (Å²) in [5, 5.41) is 0. The van der Waals surface area contributed by atoms with Crippen molar-refractivity contribution in [3.8, 4) is 0 Å². The molecule has 1 saturated carbocycles. The van der Waals surface area contributed by atoms with E-state index in [4.69, 9.17) is 5.73 Å². The first-order valence-corrected chi connectivity index (χ1v) is 7.73. The van der Waals surface area contributed by atoms with Gasteiger partial charge in [0.15, 0.2) is 11.6 Å². The van der Waals surface area contributed by atoms with Gasteiger partial charge in [-0.25, -0.2) is 9.37 Å². The van der Waals surface area contributed by atoms with Crippen LogP contribution in [0.15, 0.2) is 12.3 Å². The SMILES string of the molecule is CC(C)CCN(c1nccc(CN)c1F)C1CCCC1. The minimum atomic E-state index is -0.231. The second-order valence-corrected chi connectivity index (χ2v) is 6.13. The highest BCUT2D eigenvalue weighted by Crippen LogP contribution is 2.30. The highest BCUT2D eigenvalue weighted by molar-refractivity contribution is 5.44. The summed E-state index contributed by atoms with van der Waals surface area (Å²) in [5.41, 5.74) is 6.17. The molecule has 1 aliphatic carbocycles. The molecule has 0 amide bonds. The van der Waals surface area contributed by atoms with E-state index in [0.717, 1.165) is 25.8 Å². The number of halogens is 1. The zero-order valence-electron chi connectivity index (χ0n) is 12.6. The number of nitrogens with two attached hydrogens (primary N) is 1. The average Bonchev–Trinajstić information content (AvgIpc) is 2.94. The van der Waals surface area contributed by atoms with Gasteiger partial charge in [0.25, 0.3) is 0 Å². The fourth-order valence-electron chi connectivity index (χ4n) is 2.90. The molecule has 0 aromatic carbocycles. The van der Waals surface area contributed by atoms with Crippen LogP contribution in [0.25, 0.3) is 0 Å². The summed E-state index contributed by atoms with van der Waals surface area (Å²) in [4.78, 5) is 6.49. The largest absolute Gasteiger partial charge is 0.351 e. The van der Waals surface area contributed by atoms with Crippen LogP contribution >= 0.6 is 0 Å². The van der Waals surface area contributed by atoms with E-state index in [1.54, 1.807) is 12.3 Å². The first kappa shape index (κ1) is 15.2. The molecule has 0 atom stereocenters. The van der Waals surface area contributed by atoms with Crippen LogP contribution in [0.1, 0.15) is 51.5 Å². The van der Waals surface area contributed by atoms with E-state index in [2.05, 4.69) is 23.7 Å². The topological polar surface area (TPSA) is 42.2 Å². The van der Waals surface area contributed by atoms with Gasteiger partial charge < -0.3 is 10.6 Å². The molecule has 112 valence electrons. The molecule has 0 spiro atoms. The van der Waals surface area contributed by atoms with Crippen molar-refractivity contribution in [3.05, 3.63) is 23.6 Å². The van der Waals surface area contributed by atoms with Crippen molar-refractivity contribution in [1.29, 1.82) is 0 Å². The number of aromatic nitrogens is 1. The van der Waals surface area contributed by atoms with Crippen molar-refractivity contribution < 1.29 is 4.39 Å². The van der Waals surface area contributed by atoms with Crippen LogP contribution in [0.2, 0.25) is 0 Å². The van der Waals surface area contributed by atoms with Crippen molar-refractivity contribution in [2.75, 3.05) is 11.4 Å². The molecule has 0 saturated heterocycles. The number of hydrogen-bond acceptors (Lipinski definition) is 3. The van der Waals surface area contributed by atoms with E-state index in [1.807, 2.05) is 0 Å². The van der Waals surface area contributed by atoms with Gasteiger partial charge in [-0.05, 0) is 31.2 Å². The molecule has 1 heterocycles. The Bertz CT molecular complexity index is 428. The molecular weight excluding hydrogens is 253 g/mol. The van der Waals surface area contributed by atoms with E-state index >= 15 is 0 Å². The van der Waals surface area contributed by atoms with Gasteiger partial charge in [0, 0.05) is 30.9 Å². The monoisotopic (exact) mass is 279 g/mol. The molecular formula is C16H26FN3. The minimum absolute atomic E-state index is 0.226. The predicted octanol–water partition coefficient (Wildman–Crippen LogP) is 3.47. The second-order valence-electron chi connectivity index (χ2n) is 6.13. The van der Waals surface area contributed by atoms with E-state index in [0.29, 0.717) is 23.3 Å². The van der Waals surface area contributed by atoms with Crippen LogP contribution in [0, 0.1) is 11.7 Å². The maximum Gasteiger partial charge on any atom is 0.170 e. The molecule has 1 aromatic rings. The first-order valence-electron chi connectivity index (χ1n) is 7.73. The Morgan fingerprint density at radius 1 is 1.40 bits per heavy atom. The Hall–Kier alpha value is -1.16. The number of hydrogen-bond donors (Lipinski definition) is 1. The lowest BCUT2D eigenvalue weighted by Crippen LogP contribution is -2.36. The zero-order chi connectivity index (χ0) is 14.5. The molecule has 0 aliphatic heterocycles. The Balaban J connectivity index is 2.25. The number of pyridine rings is 1. The van der Waals surface area contributed by atoms with Gasteiger partial charge in [0.2, 0.25) is 0 Å². The van der Waals surface area contributed by atoms with Gasteiger partial charge in [0.1, 0.15) is 0 Å². The van der Waals surface area contributed by atoms with Crippen molar-refractivity contribution in [1.82, 2.24) is 4.98 Å². The quantitative estimate of drug-likeness (QED) is 0.867. The highest BCUT2D eigenvalue weighted by atomic mass is 19.1. The molecule has 1 aliphatic rings. The summed E-state index contributed by atoms with van der Waals surface area (Å²) < 4.78 is 14.5. The third-order valence-corrected chi connectivity index (χ3v) is 4.16. The highest BCUT2D eigenvalue weighted by Gasteiger charge is 2.26. The fraction of sp³-hybridized carbons (Fsp3) is 0.688. The summed E-state index contributed by atoms with van der Waals surface area (Å²) in [5.74, 6) is 0.880. The van der Waals surface area contributed by atoms with Crippen LogP contribution in [-0.4, -0.2) is 17.6 Å². The zero-order valence-corrected chi connectivity index (χ0v) is 12.6. The summed E-state index contributed by atoms with van der Waals surface area (Å²) >= 11 is 0. The molecule has 20 heavy (non-hydrogen) atoms. The lowest BCUT2D eigenvalue weighted by molar-refractivity contribution is 0.509. The van der Waals surface area contributed by atoms with Crippen LogP contribution < -0.4 is 10.6 Å². The maximum atomic E-state index is 14.5. The van der Waals surface area contributed by atoms with Crippen LogP contribution in [0.5, 0.6) is 0 Å². The van der Waals surface area contributed by atoms with Gasteiger partial charge in [-0.15, -0.1) is 0 Å². The van der Waals surface area contributed by atoms with Gasteiger partial charge in [-0.1, -0.05) is 26.7 Å². The standard InChI is InChI=1S/C16H26FN3/c1-12(2)8-10-20(14-5-3-4-6-14)16-15(17)13(11-18)7-9-19-16/h7,9,12,14H,3-6,8,10-11,18H2,1-2H3. The lowest BCUT2D eigenvalue weighted by atomic mass is 10.1. The molecule has 0 unspecified atom stereocenters. The van der Waals surface area contributed by atoms with Gasteiger partial charge in [0.05, 0.1) is 0 Å². The molecule has 2 N–H and O–H groups in total. The second kappa shape index (κ2) is 7.02. The maximum absolute atomic E-state index is 14.5. The molecule has 4 heteroatoms. The average molecular weight is 279 g/mol. The summed E-state index contributed by atoms with van der Waals surface area (Å²) in [6.45, 7) is 5.50. The van der Waals surface area contributed by atoms with Crippen molar-refractivity contribution in [2.24, 2.45) is 11.7 Å². The Morgan fingerprint density at radius 3 is 2.70 bits per heavy atom. The van der Waals surface area contributed by atoms with Crippen molar-refractivity contribution >= 4 is 5.82 Å². The minimum Gasteiger partial charge on any atom is -0.351 e. The molecule has 2 rings (SSSR count).